The van der Waals surface area contributed by atoms with Crippen LogP contribution in [0.1, 0.15) is 72.1 Å². The third-order valence-electron chi connectivity index (χ3n) is 8.79. The first-order valence-electron chi connectivity index (χ1n) is 17.5. The van der Waals surface area contributed by atoms with E-state index in [1.807, 2.05) is 0 Å². The summed E-state index contributed by atoms with van der Waals surface area (Å²) in [7, 11) is 0. The number of imide groups is 1. The van der Waals surface area contributed by atoms with E-state index in [1.54, 1.807) is 0 Å². The number of carbonyl (C=O) groups excluding carboxylic acids is 4. The second-order valence-electron chi connectivity index (χ2n) is 12.3. The average molecular weight is 798 g/mol. The maximum Gasteiger partial charge on any atom is 0.422 e. The Bertz CT molecular complexity index is 2170. The maximum atomic E-state index is 13.8. The summed E-state index contributed by atoms with van der Waals surface area (Å²) in [6.07, 6.45) is 2.05. The van der Waals surface area contributed by atoms with Gasteiger partial charge in [-0.25, -0.2) is 34.8 Å². The third-order valence-corrected chi connectivity index (χ3v) is 8.79. The van der Waals surface area contributed by atoms with Crippen molar-refractivity contribution in [1.82, 2.24) is 14.4 Å². The van der Waals surface area contributed by atoms with Gasteiger partial charge in [-0.05, 0) is 62.1 Å². The number of benzene rings is 3. The van der Waals surface area contributed by atoms with Gasteiger partial charge >= 0.3 is 11.8 Å². The summed E-state index contributed by atoms with van der Waals surface area (Å²) in [6, 6.07) is 12.1. The van der Waals surface area contributed by atoms with Crippen molar-refractivity contribution < 1.29 is 73.4 Å². The Labute approximate surface area is 322 Å². The SMILES string of the molecule is O=COc1cccc(C(=O)N(CCCCCCN(CCCCCCn2c(=O)oc3c(OO)cccc3c2=O)C(=O)c2cccc(OO)c2OC=O)C(=O)O)c1OO. The standard InChI is InChI=1S/C37H39N3O17/c41-22-52-27-15-9-14-26(32(27)57-51)34(44)39(36(46)47)20-7-3-1-5-18-38(33(43)24-12-10-16-28(55-49)30(24)53-23-42)19-6-2-4-8-21-40-35(45)25-13-11-17-29(56-50)31(25)54-37(40)48/h9-17,22-23,49-51H,1-8,18-21H2,(H,46,47). The van der Waals surface area contributed by atoms with Crippen molar-refractivity contribution >= 4 is 41.8 Å². The van der Waals surface area contributed by atoms with Gasteiger partial charge in [-0.15, -0.1) is 0 Å². The molecule has 4 rings (SSSR count). The van der Waals surface area contributed by atoms with Gasteiger partial charge in [0.25, 0.3) is 30.3 Å². The van der Waals surface area contributed by atoms with E-state index in [0.717, 1.165) is 4.57 Å². The van der Waals surface area contributed by atoms with Gasteiger partial charge in [0.15, 0.2) is 17.1 Å². The monoisotopic (exact) mass is 797 g/mol. The number of aromatic nitrogens is 1. The van der Waals surface area contributed by atoms with Crippen molar-refractivity contribution in [1.29, 1.82) is 0 Å². The van der Waals surface area contributed by atoms with E-state index < -0.39 is 35.0 Å². The van der Waals surface area contributed by atoms with Gasteiger partial charge in [-0.3, -0.25) is 24.0 Å². The minimum absolute atomic E-state index is 0.0439. The van der Waals surface area contributed by atoms with Crippen LogP contribution < -0.4 is 35.5 Å². The lowest BCUT2D eigenvalue weighted by Crippen LogP contribution is -2.36. The third kappa shape index (κ3) is 10.7. The summed E-state index contributed by atoms with van der Waals surface area (Å²) < 4.78 is 15.8. The van der Waals surface area contributed by atoms with Crippen LogP contribution in [0, 0.1) is 0 Å². The molecule has 0 aliphatic heterocycles. The summed E-state index contributed by atoms with van der Waals surface area (Å²) in [5.74, 6) is -4.05. The van der Waals surface area contributed by atoms with E-state index in [0.29, 0.717) is 49.8 Å². The highest BCUT2D eigenvalue weighted by atomic mass is 17.1. The first-order chi connectivity index (χ1) is 27.6. The molecule has 3 aromatic carbocycles. The van der Waals surface area contributed by atoms with E-state index in [1.165, 1.54) is 59.5 Å². The zero-order chi connectivity index (χ0) is 41.3. The molecule has 0 saturated heterocycles. The summed E-state index contributed by atoms with van der Waals surface area (Å²) >= 11 is 0. The first-order valence-corrected chi connectivity index (χ1v) is 17.5. The fraction of sp³-hybridized carbons (Fsp3) is 0.324. The molecule has 304 valence electrons. The van der Waals surface area contributed by atoms with Crippen molar-refractivity contribution in [3.63, 3.8) is 0 Å². The number of rotatable bonds is 23. The fourth-order valence-electron chi connectivity index (χ4n) is 6.04. The van der Waals surface area contributed by atoms with E-state index in [9.17, 15) is 49.2 Å². The molecule has 0 atom stereocenters. The molecule has 57 heavy (non-hydrogen) atoms. The van der Waals surface area contributed by atoms with E-state index in [2.05, 4.69) is 19.4 Å². The second-order valence-corrected chi connectivity index (χ2v) is 12.3. The zero-order valence-electron chi connectivity index (χ0n) is 30.3. The fourth-order valence-corrected chi connectivity index (χ4v) is 6.04. The van der Waals surface area contributed by atoms with Crippen LogP contribution in [0.2, 0.25) is 0 Å². The average Bonchev–Trinajstić information content (AvgIpc) is 3.21. The number of para-hydroxylation sites is 3. The highest BCUT2D eigenvalue weighted by molar-refractivity contribution is 6.05. The summed E-state index contributed by atoms with van der Waals surface area (Å²) in [5, 5.41) is 37.4. The van der Waals surface area contributed by atoms with E-state index >= 15 is 0 Å². The molecule has 0 aliphatic rings. The van der Waals surface area contributed by atoms with Crippen molar-refractivity contribution in [3.05, 3.63) is 86.6 Å². The van der Waals surface area contributed by atoms with Gasteiger partial charge in [-0.1, -0.05) is 43.9 Å². The summed E-state index contributed by atoms with van der Waals surface area (Å²) in [6.45, 7) is 0.382. The Morgan fingerprint density at radius 1 is 0.649 bits per heavy atom. The highest BCUT2D eigenvalue weighted by Gasteiger charge is 2.28. The molecular formula is C37H39N3O17. The molecule has 0 radical (unpaired) electrons. The van der Waals surface area contributed by atoms with Crippen LogP contribution in [-0.4, -0.2) is 85.7 Å². The molecule has 0 bridgehead atoms. The van der Waals surface area contributed by atoms with Crippen LogP contribution in [-0.2, 0) is 16.1 Å². The summed E-state index contributed by atoms with van der Waals surface area (Å²) in [4.78, 5) is 101. The predicted octanol–water partition coefficient (Wildman–Crippen LogP) is 4.66. The Kier molecular flexibility index (Phi) is 16.1. The second kappa shape index (κ2) is 21.4. The first kappa shape index (κ1) is 43.0. The van der Waals surface area contributed by atoms with Crippen LogP contribution in [0.4, 0.5) is 4.79 Å². The predicted molar refractivity (Wildman–Crippen MR) is 195 cm³/mol. The minimum atomic E-state index is -1.57. The molecule has 1 aromatic heterocycles. The lowest BCUT2D eigenvalue weighted by atomic mass is 10.1. The van der Waals surface area contributed by atoms with Gasteiger partial charge in [0.1, 0.15) is 0 Å². The smallest absolute Gasteiger partial charge is 0.422 e. The molecule has 0 saturated carbocycles. The number of unbranched alkanes of at least 4 members (excludes halogenated alkanes) is 6. The van der Waals surface area contributed by atoms with Crippen LogP contribution in [0.25, 0.3) is 11.0 Å². The lowest BCUT2D eigenvalue weighted by molar-refractivity contribution is -0.141. The number of fused-ring (bicyclic) bond motifs is 1. The van der Waals surface area contributed by atoms with Crippen molar-refractivity contribution in [2.24, 2.45) is 0 Å². The van der Waals surface area contributed by atoms with Gasteiger partial charge in [0.05, 0.1) is 16.5 Å². The Hall–Kier alpha value is -6.77. The van der Waals surface area contributed by atoms with Crippen molar-refractivity contribution in [2.75, 3.05) is 19.6 Å². The molecule has 0 spiro atoms. The number of hydrogen-bond donors (Lipinski definition) is 4. The lowest BCUT2D eigenvalue weighted by Gasteiger charge is -2.24. The molecular weight excluding hydrogens is 758 g/mol. The van der Waals surface area contributed by atoms with Crippen LogP contribution in [0.15, 0.2) is 68.6 Å². The van der Waals surface area contributed by atoms with Gasteiger partial charge in [0, 0.05) is 26.2 Å². The maximum absolute atomic E-state index is 13.8. The topological polar surface area (TPSA) is 271 Å². The highest BCUT2D eigenvalue weighted by Crippen LogP contribution is 2.33. The van der Waals surface area contributed by atoms with Crippen LogP contribution in [0.5, 0.6) is 28.7 Å². The number of carbonyl (C=O) groups is 5. The van der Waals surface area contributed by atoms with Crippen molar-refractivity contribution in [2.45, 2.75) is 57.9 Å². The largest absolute Gasteiger partial charge is 0.465 e. The molecule has 3 amide bonds. The summed E-state index contributed by atoms with van der Waals surface area (Å²) in [5.41, 5.74) is -1.20. The molecule has 0 fully saturated rings. The molecule has 0 aliphatic carbocycles. The van der Waals surface area contributed by atoms with E-state index in [-0.39, 0.29) is 90.6 Å². The number of amides is 3. The van der Waals surface area contributed by atoms with Gasteiger partial charge < -0.3 is 38.6 Å². The van der Waals surface area contributed by atoms with Gasteiger partial charge in [0.2, 0.25) is 17.2 Å². The minimum Gasteiger partial charge on any atom is -0.465 e. The number of carboxylic acid groups (broad SMARTS) is 1. The van der Waals surface area contributed by atoms with E-state index in [4.69, 9.17) is 14.4 Å². The molecule has 4 aromatic rings. The molecule has 4 N–H and O–H groups in total. The molecule has 0 unspecified atom stereocenters. The zero-order valence-corrected chi connectivity index (χ0v) is 30.3. The number of ether oxygens (including phenoxy) is 2. The molecule has 20 nitrogen and oxygen atoms in total. The molecule has 1 heterocycles. The Morgan fingerprint density at radius 2 is 1.21 bits per heavy atom. The number of nitrogens with zero attached hydrogens (tertiary/aromatic N) is 3. The quantitative estimate of drug-likeness (QED) is 0.0344. The normalized spacial score (nSPS) is 10.7. The van der Waals surface area contributed by atoms with Crippen molar-refractivity contribution in [3.8, 4) is 28.7 Å². The van der Waals surface area contributed by atoms with Crippen LogP contribution >= 0.6 is 0 Å². The Balaban J connectivity index is 1.36. The van der Waals surface area contributed by atoms with Crippen LogP contribution in [0.3, 0.4) is 0 Å². The number of hydrogen-bond acceptors (Lipinski definition) is 16. The Morgan fingerprint density at radius 3 is 1.81 bits per heavy atom. The molecule has 20 heteroatoms. The van der Waals surface area contributed by atoms with Gasteiger partial charge in [-0.2, -0.15) is 0 Å².